The summed E-state index contributed by atoms with van der Waals surface area (Å²) in [5.41, 5.74) is 3.01. The van der Waals surface area contributed by atoms with E-state index in [0.717, 1.165) is 43.5 Å². The fourth-order valence-electron chi connectivity index (χ4n) is 3.96. The van der Waals surface area contributed by atoms with Crippen LogP contribution in [0.1, 0.15) is 17.5 Å². The highest BCUT2D eigenvalue weighted by molar-refractivity contribution is 7.99. The Balaban J connectivity index is 1.18. The van der Waals surface area contributed by atoms with Gasteiger partial charge in [0.1, 0.15) is 6.33 Å². The topological polar surface area (TPSA) is 77.1 Å². The number of amides is 2. The minimum Gasteiger partial charge on any atom is -0.337 e. The molecule has 1 aliphatic carbocycles. The molecule has 144 valence electrons. The number of nitrogens with one attached hydrogen (secondary N) is 2. The first kappa shape index (κ1) is 18.3. The first-order chi connectivity index (χ1) is 13.3. The van der Waals surface area contributed by atoms with Crippen molar-refractivity contribution >= 4 is 17.8 Å². The van der Waals surface area contributed by atoms with Crippen LogP contribution in [0.2, 0.25) is 0 Å². The van der Waals surface area contributed by atoms with Crippen molar-refractivity contribution in [1.29, 1.82) is 0 Å². The number of hydrogen-bond acceptors (Lipinski definition) is 5. The van der Waals surface area contributed by atoms with Gasteiger partial charge in [-0.3, -0.25) is 10.00 Å². The van der Waals surface area contributed by atoms with Gasteiger partial charge >= 0.3 is 6.03 Å². The normalized spacial score (nSPS) is 20.3. The third kappa shape index (κ3) is 4.62. The Morgan fingerprint density at radius 3 is 2.81 bits per heavy atom. The summed E-state index contributed by atoms with van der Waals surface area (Å²) < 4.78 is 0. The minimum atomic E-state index is 0.0433. The number of aromatic amines is 1. The number of carbonyl (C=O) groups is 1. The summed E-state index contributed by atoms with van der Waals surface area (Å²) in [6, 6.07) is 9.46. The second-order valence-electron chi connectivity index (χ2n) is 7.06. The summed E-state index contributed by atoms with van der Waals surface area (Å²) in [7, 11) is 0. The van der Waals surface area contributed by atoms with E-state index in [9.17, 15) is 4.79 Å². The number of H-pyrrole nitrogens is 1. The van der Waals surface area contributed by atoms with Gasteiger partial charge in [0.15, 0.2) is 5.16 Å². The number of carbonyl (C=O) groups excluding carboxylic acids is 1. The lowest BCUT2D eigenvalue weighted by Crippen LogP contribution is -2.55. The Morgan fingerprint density at radius 2 is 2.04 bits per heavy atom. The van der Waals surface area contributed by atoms with E-state index in [-0.39, 0.29) is 6.03 Å². The van der Waals surface area contributed by atoms with Crippen molar-refractivity contribution in [3.8, 4) is 0 Å². The summed E-state index contributed by atoms with van der Waals surface area (Å²) >= 11 is 1.56. The third-order valence-electron chi connectivity index (χ3n) is 5.45. The highest BCUT2D eigenvalue weighted by Crippen LogP contribution is 2.25. The predicted octanol–water partition coefficient (Wildman–Crippen LogP) is 1.78. The maximum atomic E-state index is 12.4. The van der Waals surface area contributed by atoms with Crippen molar-refractivity contribution in [3.05, 3.63) is 41.7 Å². The lowest BCUT2D eigenvalue weighted by atomic mass is 9.87. The number of piperazine rings is 1. The van der Waals surface area contributed by atoms with Crippen molar-refractivity contribution in [2.24, 2.45) is 0 Å². The molecule has 1 aromatic carbocycles. The summed E-state index contributed by atoms with van der Waals surface area (Å²) in [5.74, 6) is 0.780. The molecule has 1 aliphatic heterocycles. The predicted molar refractivity (Wildman–Crippen MR) is 106 cm³/mol. The van der Waals surface area contributed by atoms with Crippen LogP contribution in [0.15, 0.2) is 35.7 Å². The number of nitrogens with zero attached hydrogens (tertiary/aromatic N) is 4. The summed E-state index contributed by atoms with van der Waals surface area (Å²) in [4.78, 5) is 20.9. The first-order valence-corrected chi connectivity index (χ1v) is 10.6. The Labute approximate surface area is 163 Å². The second kappa shape index (κ2) is 8.75. The highest BCUT2D eigenvalue weighted by atomic mass is 32.2. The summed E-state index contributed by atoms with van der Waals surface area (Å²) in [6.07, 6.45) is 5.03. The lowest BCUT2D eigenvalue weighted by Gasteiger charge is -2.41. The lowest BCUT2D eigenvalue weighted by molar-refractivity contribution is 0.102. The SMILES string of the molecule is O=C(NCCSc1ncn[nH]1)N1CCN(C2CCc3ccccc3C2)CC1. The van der Waals surface area contributed by atoms with Crippen LogP contribution < -0.4 is 5.32 Å². The van der Waals surface area contributed by atoms with Crippen molar-refractivity contribution in [2.45, 2.75) is 30.5 Å². The molecule has 2 amide bonds. The first-order valence-electron chi connectivity index (χ1n) is 9.61. The molecule has 27 heavy (non-hydrogen) atoms. The van der Waals surface area contributed by atoms with Crippen LogP contribution in [0.25, 0.3) is 0 Å². The molecule has 2 N–H and O–H groups in total. The molecule has 1 fully saturated rings. The number of rotatable bonds is 5. The average Bonchev–Trinajstić information content (AvgIpc) is 3.24. The van der Waals surface area contributed by atoms with Crippen molar-refractivity contribution in [1.82, 2.24) is 30.3 Å². The Morgan fingerprint density at radius 1 is 1.22 bits per heavy atom. The van der Waals surface area contributed by atoms with Crippen LogP contribution in [0, 0.1) is 0 Å². The van der Waals surface area contributed by atoms with Crippen molar-refractivity contribution in [2.75, 3.05) is 38.5 Å². The molecule has 1 aromatic heterocycles. The van der Waals surface area contributed by atoms with Crippen LogP contribution in [0.4, 0.5) is 4.79 Å². The average molecular weight is 387 g/mol. The molecule has 1 saturated heterocycles. The smallest absolute Gasteiger partial charge is 0.317 e. The largest absolute Gasteiger partial charge is 0.337 e. The van der Waals surface area contributed by atoms with Crippen LogP contribution in [-0.4, -0.2) is 75.5 Å². The number of urea groups is 1. The molecule has 0 radical (unpaired) electrons. The molecular weight excluding hydrogens is 360 g/mol. The van der Waals surface area contributed by atoms with E-state index in [1.54, 1.807) is 11.8 Å². The van der Waals surface area contributed by atoms with Gasteiger partial charge in [0, 0.05) is 44.5 Å². The molecule has 0 bridgehead atoms. The Bertz CT molecular complexity index is 744. The van der Waals surface area contributed by atoms with Gasteiger partial charge in [-0.2, -0.15) is 5.10 Å². The molecular formula is C19H26N6OS. The van der Waals surface area contributed by atoms with Gasteiger partial charge in [-0.1, -0.05) is 36.0 Å². The molecule has 0 saturated carbocycles. The van der Waals surface area contributed by atoms with Gasteiger partial charge in [0.05, 0.1) is 0 Å². The standard InChI is InChI=1S/C19H26N6OS/c26-19(20-7-12-27-18-21-14-22-23-18)25-10-8-24(9-11-25)17-6-5-15-3-1-2-4-16(15)13-17/h1-4,14,17H,5-13H2,(H,20,26)(H,21,22,23). The van der Waals surface area contributed by atoms with Crippen molar-refractivity contribution in [3.63, 3.8) is 0 Å². The van der Waals surface area contributed by atoms with E-state index >= 15 is 0 Å². The number of thioether (sulfide) groups is 1. The minimum absolute atomic E-state index is 0.0433. The van der Waals surface area contributed by atoms with E-state index in [0.29, 0.717) is 12.6 Å². The molecule has 1 unspecified atom stereocenters. The monoisotopic (exact) mass is 386 g/mol. The fourth-order valence-corrected chi connectivity index (χ4v) is 4.60. The van der Waals surface area contributed by atoms with Gasteiger partial charge < -0.3 is 10.2 Å². The number of hydrogen-bond donors (Lipinski definition) is 2. The van der Waals surface area contributed by atoms with Gasteiger partial charge in [-0.25, -0.2) is 9.78 Å². The zero-order valence-electron chi connectivity index (χ0n) is 15.4. The van der Waals surface area contributed by atoms with E-state index in [4.69, 9.17) is 0 Å². The molecule has 2 aromatic rings. The Kier molecular flexibility index (Phi) is 5.94. The number of benzene rings is 1. The molecule has 2 aliphatic rings. The highest BCUT2D eigenvalue weighted by Gasteiger charge is 2.28. The quantitative estimate of drug-likeness (QED) is 0.605. The van der Waals surface area contributed by atoms with Crippen LogP contribution in [-0.2, 0) is 12.8 Å². The molecule has 1 atom stereocenters. The molecule has 7 nitrogen and oxygen atoms in total. The molecule has 4 rings (SSSR count). The van der Waals surface area contributed by atoms with Crippen LogP contribution in [0.3, 0.4) is 0 Å². The van der Waals surface area contributed by atoms with E-state index in [1.807, 2.05) is 4.90 Å². The number of fused-ring (bicyclic) bond motifs is 1. The van der Waals surface area contributed by atoms with Gasteiger partial charge in [-0.15, -0.1) is 0 Å². The number of aryl methyl sites for hydroxylation is 1. The van der Waals surface area contributed by atoms with Gasteiger partial charge in [0.2, 0.25) is 0 Å². The molecule has 8 heteroatoms. The van der Waals surface area contributed by atoms with E-state index < -0.39 is 0 Å². The third-order valence-corrected chi connectivity index (χ3v) is 6.33. The Hall–Kier alpha value is -2.06. The van der Waals surface area contributed by atoms with Gasteiger partial charge in [-0.05, 0) is 30.4 Å². The maximum Gasteiger partial charge on any atom is 0.317 e. The van der Waals surface area contributed by atoms with E-state index in [1.165, 1.54) is 30.3 Å². The zero-order chi connectivity index (χ0) is 18.5. The van der Waals surface area contributed by atoms with Crippen LogP contribution in [0.5, 0.6) is 0 Å². The fraction of sp³-hybridized carbons (Fsp3) is 0.526. The molecule has 0 spiro atoms. The van der Waals surface area contributed by atoms with E-state index in [2.05, 4.69) is 49.7 Å². The summed E-state index contributed by atoms with van der Waals surface area (Å²) in [6.45, 7) is 4.17. The van der Waals surface area contributed by atoms with Crippen LogP contribution >= 0.6 is 11.8 Å². The second-order valence-corrected chi connectivity index (χ2v) is 8.14. The number of aromatic nitrogens is 3. The zero-order valence-corrected chi connectivity index (χ0v) is 16.2. The maximum absolute atomic E-state index is 12.4. The summed E-state index contributed by atoms with van der Waals surface area (Å²) in [5, 5.41) is 10.4. The molecule has 2 heterocycles. The van der Waals surface area contributed by atoms with Crippen molar-refractivity contribution < 1.29 is 4.79 Å². The van der Waals surface area contributed by atoms with Gasteiger partial charge in [0.25, 0.3) is 0 Å².